The van der Waals surface area contributed by atoms with E-state index < -0.39 is 0 Å². The summed E-state index contributed by atoms with van der Waals surface area (Å²) >= 11 is 0. The van der Waals surface area contributed by atoms with Crippen molar-refractivity contribution in [3.8, 4) is 22.9 Å². The molecule has 6 aromatic rings. The molecule has 1 heterocycles. The van der Waals surface area contributed by atoms with Gasteiger partial charge in [-0.3, -0.25) is 0 Å². The van der Waals surface area contributed by atoms with Crippen molar-refractivity contribution in [1.82, 2.24) is 4.57 Å². The first-order valence-electron chi connectivity index (χ1n) is 11.9. The lowest BCUT2D eigenvalue weighted by molar-refractivity contribution is 1.00. The molecule has 1 aliphatic rings. The molecule has 166 valence electrons. The molecule has 0 amide bonds. The number of benzene rings is 5. The summed E-state index contributed by atoms with van der Waals surface area (Å²) in [6.45, 7) is 8.12. The molecule has 7 rings (SSSR count). The van der Waals surface area contributed by atoms with Gasteiger partial charge < -0.3 is 4.57 Å². The summed E-state index contributed by atoms with van der Waals surface area (Å²) in [6.07, 6.45) is 0. The third-order valence-electron chi connectivity index (χ3n) is 7.35. The van der Waals surface area contributed by atoms with E-state index in [0.717, 1.165) is 33.1 Å². The van der Waals surface area contributed by atoms with Gasteiger partial charge in [0.05, 0.1) is 34.9 Å². The topological polar surface area (TPSA) is 33.1 Å². The zero-order valence-corrected chi connectivity index (χ0v) is 19.3. The fourth-order valence-corrected chi connectivity index (χ4v) is 5.87. The standard InChI is InChI=1S/C33H19N3/c1-35-29-19-28(33-26-14-4-2-10-22(26)23-11-3-5-15-27(23)33)21(20-34)18-32(29)36-30-16-8-6-12-24(30)25-13-7-9-17-31(25)36/h2-19,33H. The maximum atomic E-state index is 10.4. The van der Waals surface area contributed by atoms with Crippen molar-refractivity contribution in [1.29, 1.82) is 5.26 Å². The van der Waals surface area contributed by atoms with Crippen LogP contribution in [0.5, 0.6) is 0 Å². The second-order valence-electron chi connectivity index (χ2n) is 9.13. The Morgan fingerprint density at radius 1 is 0.667 bits per heavy atom. The molecule has 0 aliphatic heterocycles. The molecule has 0 radical (unpaired) electrons. The van der Waals surface area contributed by atoms with Crippen LogP contribution in [-0.2, 0) is 0 Å². The molecular formula is C33H19N3. The maximum Gasteiger partial charge on any atom is 0.210 e. The highest BCUT2D eigenvalue weighted by molar-refractivity contribution is 6.09. The Morgan fingerprint density at radius 2 is 1.19 bits per heavy atom. The molecule has 36 heavy (non-hydrogen) atoms. The second kappa shape index (κ2) is 7.70. The summed E-state index contributed by atoms with van der Waals surface area (Å²) in [5, 5.41) is 12.6. The summed E-state index contributed by atoms with van der Waals surface area (Å²) in [6, 6.07) is 39.5. The zero-order valence-electron chi connectivity index (χ0n) is 19.3. The average molecular weight is 458 g/mol. The third kappa shape index (κ3) is 2.72. The summed E-state index contributed by atoms with van der Waals surface area (Å²) < 4.78 is 2.12. The zero-order chi connectivity index (χ0) is 24.2. The number of rotatable bonds is 2. The van der Waals surface area contributed by atoms with Crippen LogP contribution in [0, 0.1) is 17.9 Å². The van der Waals surface area contributed by atoms with Crippen molar-refractivity contribution in [3.63, 3.8) is 0 Å². The van der Waals surface area contributed by atoms with Crippen LogP contribution in [0.15, 0.2) is 109 Å². The fourth-order valence-electron chi connectivity index (χ4n) is 5.87. The quantitative estimate of drug-likeness (QED) is 0.240. The Bertz CT molecular complexity index is 1830. The van der Waals surface area contributed by atoms with Crippen molar-refractivity contribution in [3.05, 3.63) is 143 Å². The van der Waals surface area contributed by atoms with E-state index in [1.54, 1.807) is 0 Å². The van der Waals surface area contributed by atoms with E-state index in [0.29, 0.717) is 11.3 Å². The minimum absolute atomic E-state index is 0.0836. The number of hydrogen-bond acceptors (Lipinski definition) is 1. The first-order chi connectivity index (χ1) is 17.8. The van der Waals surface area contributed by atoms with Gasteiger partial charge >= 0.3 is 0 Å². The fraction of sp³-hybridized carbons (Fsp3) is 0.0303. The van der Waals surface area contributed by atoms with Crippen LogP contribution in [0.1, 0.15) is 28.2 Å². The summed E-state index contributed by atoms with van der Waals surface area (Å²) in [5.41, 5.74) is 9.54. The van der Waals surface area contributed by atoms with Gasteiger partial charge in [0.25, 0.3) is 0 Å². The predicted octanol–water partition coefficient (Wildman–Crippen LogP) is 8.37. The van der Waals surface area contributed by atoms with Crippen LogP contribution < -0.4 is 0 Å². The lowest BCUT2D eigenvalue weighted by Crippen LogP contribution is -2.04. The molecule has 1 aliphatic carbocycles. The van der Waals surface area contributed by atoms with Gasteiger partial charge in [-0.1, -0.05) is 84.9 Å². The van der Waals surface area contributed by atoms with E-state index in [-0.39, 0.29) is 5.92 Å². The number of para-hydroxylation sites is 2. The van der Waals surface area contributed by atoms with Gasteiger partial charge in [0.15, 0.2) is 0 Å². The largest absolute Gasteiger partial charge is 0.319 e. The van der Waals surface area contributed by atoms with Crippen molar-refractivity contribution in [2.24, 2.45) is 0 Å². The SMILES string of the molecule is [C-]#[N+]c1cc(C2c3ccccc3-c3ccccc32)c(C#N)cc1-n1c2ccccc2c2ccccc21. The molecule has 0 saturated heterocycles. The van der Waals surface area contributed by atoms with Crippen LogP contribution >= 0.6 is 0 Å². The molecule has 5 aromatic carbocycles. The Morgan fingerprint density at radius 3 is 1.75 bits per heavy atom. The van der Waals surface area contributed by atoms with Crippen molar-refractivity contribution in [2.45, 2.75) is 5.92 Å². The predicted molar refractivity (Wildman–Crippen MR) is 145 cm³/mol. The normalized spacial score (nSPS) is 12.3. The Labute approximate surface area is 208 Å². The number of fused-ring (bicyclic) bond motifs is 6. The Balaban J connectivity index is 1.53. The molecule has 3 nitrogen and oxygen atoms in total. The van der Waals surface area contributed by atoms with E-state index in [9.17, 15) is 5.26 Å². The van der Waals surface area contributed by atoms with Gasteiger partial charge in [0.2, 0.25) is 5.69 Å². The van der Waals surface area contributed by atoms with E-state index >= 15 is 0 Å². The minimum Gasteiger partial charge on any atom is -0.319 e. The van der Waals surface area contributed by atoms with Crippen LogP contribution in [-0.4, -0.2) is 4.57 Å². The number of hydrogen-bond donors (Lipinski definition) is 0. The smallest absolute Gasteiger partial charge is 0.210 e. The number of nitriles is 1. The van der Waals surface area contributed by atoms with Gasteiger partial charge in [-0.25, -0.2) is 4.85 Å². The maximum absolute atomic E-state index is 10.4. The highest BCUT2D eigenvalue weighted by Crippen LogP contribution is 2.50. The summed E-state index contributed by atoms with van der Waals surface area (Å²) in [5.74, 6) is -0.0836. The molecule has 0 bridgehead atoms. The minimum atomic E-state index is -0.0836. The highest BCUT2D eigenvalue weighted by atomic mass is 15.0. The van der Waals surface area contributed by atoms with Crippen LogP contribution in [0.2, 0.25) is 0 Å². The molecule has 0 unspecified atom stereocenters. The number of aromatic nitrogens is 1. The Hall–Kier alpha value is -5.12. The summed E-state index contributed by atoms with van der Waals surface area (Å²) in [4.78, 5) is 3.98. The molecular weight excluding hydrogens is 438 g/mol. The summed E-state index contributed by atoms with van der Waals surface area (Å²) in [7, 11) is 0. The lowest BCUT2D eigenvalue weighted by Gasteiger charge is -2.19. The van der Waals surface area contributed by atoms with Gasteiger partial charge in [0, 0.05) is 16.7 Å². The highest BCUT2D eigenvalue weighted by Gasteiger charge is 2.31. The van der Waals surface area contributed by atoms with Crippen LogP contribution in [0.4, 0.5) is 5.69 Å². The van der Waals surface area contributed by atoms with E-state index in [2.05, 4.69) is 76.1 Å². The molecule has 0 fully saturated rings. The van der Waals surface area contributed by atoms with E-state index in [1.807, 2.05) is 48.5 Å². The third-order valence-corrected chi connectivity index (χ3v) is 7.35. The van der Waals surface area contributed by atoms with Crippen LogP contribution in [0.3, 0.4) is 0 Å². The monoisotopic (exact) mass is 457 g/mol. The molecule has 0 N–H and O–H groups in total. The van der Waals surface area contributed by atoms with Gasteiger partial charge in [-0.2, -0.15) is 5.26 Å². The van der Waals surface area contributed by atoms with E-state index in [4.69, 9.17) is 6.57 Å². The lowest BCUT2D eigenvalue weighted by atomic mass is 9.86. The number of nitrogens with zero attached hydrogens (tertiary/aromatic N) is 3. The van der Waals surface area contributed by atoms with Crippen LogP contribution in [0.25, 0.3) is 43.5 Å². The first kappa shape index (κ1) is 20.3. The molecule has 0 spiro atoms. The average Bonchev–Trinajstić information content (AvgIpc) is 3.45. The van der Waals surface area contributed by atoms with Crippen molar-refractivity contribution in [2.75, 3.05) is 0 Å². The first-order valence-corrected chi connectivity index (χ1v) is 11.9. The molecule has 0 atom stereocenters. The van der Waals surface area contributed by atoms with Crippen molar-refractivity contribution < 1.29 is 0 Å². The van der Waals surface area contributed by atoms with Crippen molar-refractivity contribution >= 4 is 27.5 Å². The molecule has 1 aromatic heterocycles. The van der Waals surface area contributed by atoms with E-state index in [1.165, 1.54) is 22.3 Å². The van der Waals surface area contributed by atoms with Gasteiger partial charge in [-0.15, -0.1) is 0 Å². The van der Waals surface area contributed by atoms with Gasteiger partial charge in [-0.05, 0) is 52.1 Å². The Kier molecular flexibility index (Phi) is 4.34. The molecule has 3 heteroatoms. The van der Waals surface area contributed by atoms with Gasteiger partial charge in [0.1, 0.15) is 0 Å². The second-order valence-corrected chi connectivity index (χ2v) is 9.13. The molecule has 0 saturated carbocycles.